The molecule has 98 valence electrons. The van der Waals surface area contributed by atoms with Gasteiger partial charge in [-0.25, -0.2) is 0 Å². The lowest BCUT2D eigenvalue weighted by Gasteiger charge is -2.07. The van der Waals surface area contributed by atoms with Crippen LogP contribution >= 0.6 is 0 Å². The predicted molar refractivity (Wildman–Crippen MR) is 63.5 cm³/mol. The van der Waals surface area contributed by atoms with Crippen molar-refractivity contribution in [3.63, 3.8) is 0 Å². The van der Waals surface area contributed by atoms with Crippen LogP contribution in [-0.2, 0) is 6.18 Å². The highest BCUT2D eigenvalue weighted by Gasteiger charge is 2.30. The molecule has 0 spiro atoms. The van der Waals surface area contributed by atoms with Crippen LogP contribution < -0.4 is 5.73 Å². The fraction of sp³-hybridized carbons (Fsp3) is 0.0769. The molecule has 1 aromatic carbocycles. The molecule has 0 saturated heterocycles. The summed E-state index contributed by atoms with van der Waals surface area (Å²) in [6.45, 7) is 0. The summed E-state index contributed by atoms with van der Waals surface area (Å²) < 4.78 is 37.1. The first-order chi connectivity index (χ1) is 8.88. The maximum absolute atomic E-state index is 12.4. The van der Waals surface area contributed by atoms with Crippen LogP contribution in [-0.4, -0.2) is 10.8 Å². The average Bonchev–Trinajstić information content (AvgIpc) is 2.38. The van der Waals surface area contributed by atoms with Crippen molar-refractivity contribution in [2.75, 3.05) is 5.73 Å². The van der Waals surface area contributed by atoms with Gasteiger partial charge in [-0.2, -0.15) is 13.2 Å². The summed E-state index contributed by atoms with van der Waals surface area (Å²) in [5.74, 6) is -0.450. The van der Waals surface area contributed by atoms with E-state index >= 15 is 0 Å². The first-order valence-electron chi connectivity index (χ1n) is 5.31. The van der Waals surface area contributed by atoms with Crippen molar-refractivity contribution < 1.29 is 18.0 Å². The van der Waals surface area contributed by atoms with Crippen LogP contribution in [0.15, 0.2) is 42.6 Å². The number of benzene rings is 1. The number of rotatable bonds is 2. The summed E-state index contributed by atoms with van der Waals surface area (Å²) in [7, 11) is 0. The molecule has 3 nitrogen and oxygen atoms in total. The van der Waals surface area contributed by atoms with Gasteiger partial charge in [0.2, 0.25) is 5.78 Å². The second-order valence-corrected chi connectivity index (χ2v) is 3.88. The number of carbonyl (C=O) groups excluding carboxylic acids is 1. The molecule has 0 fully saturated rings. The van der Waals surface area contributed by atoms with E-state index in [4.69, 9.17) is 5.73 Å². The van der Waals surface area contributed by atoms with Gasteiger partial charge in [-0.1, -0.05) is 12.1 Å². The Hall–Kier alpha value is -2.37. The monoisotopic (exact) mass is 266 g/mol. The molecular weight excluding hydrogens is 257 g/mol. The number of alkyl halides is 3. The molecule has 0 aliphatic rings. The number of hydrogen-bond donors (Lipinski definition) is 1. The van der Waals surface area contributed by atoms with Crippen LogP contribution in [0.2, 0.25) is 0 Å². The quantitative estimate of drug-likeness (QED) is 0.850. The van der Waals surface area contributed by atoms with E-state index in [1.54, 1.807) is 0 Å². The second-order valence-electron chi connectivity index (χ2n) is 3.88. The Bertz CT molecular complexity index is 589. The van der Waals surface area contributed by atoms with Gasteiger partial charge < -0.3 is 5.73 Å². The Balaban J connectivity index is 2.27. The maximum atomic E-state index is 12.4. The van der Waals surface area contributed by atoms with Gasteiger partial charge in [-0.05, 0) is 24.3 Å². The number of ketones is 1. The van der Waals surface area contributed by atoms with E-state index in [0.717, 1.165) is 24.3 Å². The molecule has 0 unspecified atom stereocenters. The van der Waals surface area contributed by atoms with Gasteiger partial charge in [0.15, 0.2) is 0 Å². The normalized spacial score (nSPS) is 11.3. The van der Waals surface area contributed by atoms with E-state index in [2.05, 4.69) is 4.98 Å². The molecule has 0 atom stereocenters. The van der Waals surface area contributed by atoms with Crippen molar-refractivity contribution in [1.29, 1.82) is 0 Å². The molecule has 0 amide bonds. The topological polar surface area (TPSA) is 56.0 Å². The summed E-state index contributed by atoms with van der Waals surface area (Å²) >= 11 is 0. The van der Waals surface area contributed by atoms with Crippen LogP contribution in [0, 0.1) is 0 Å². The standard InChI is InChI=1S/C13H9F3N2O/c14-13(15,16)9-3-1-8(2-4-9)12(19)11-6-5-10(17)7-18-11/h1-7H,17H2. The Morgan fingerprint density at radius 3 is 2.16 bits per heavy atom. The Kier molecular flexibility index (Phi) is 3.25. The number of hydrogen-bond acceptors (Lipinski definition) is 3. The van der Waals surface area contributed by atoms with Crippen molar-refractivity contribution in [1.82, 2.24) is 4.98 Å². The summed E-state index contributed by atoms with van der Waals surface area (Å²) in [6.07, 6.45) is -3.10. The number of nitrogen functional groups attached to an aromatic ring is 1. The molecule has 2 aromatic rings. The molecular formula is C13H9F3N2O. The molecule has 2 N–H and O–H groups in total. The number of carbonyl (C=O) groups is 1. The first-order valence-corrected chi connectivity index (χ1v) is 5.31. The molecule has 0 aliphatic carbocycles. The minimum Gasteiger partial charge on any atom is -0.397 e. The lowest BCUT2D eigenvalue weighted by Crippen LogP contribution is -2.07. The molecule has 0 aliphatic heterocycles. The summed E-state index contributed by atoms with van der Waals surface area (Å²) in [4.78, 5) is 15.8. The minimum atomic E-state index is -4.42. The largest absolute Gasteiger partial charge is 0.416 e. The third-order valence-corrected chi connectivity index (χ3v) is 2.49. The van der Waals surface area contributed by atoms with Crippen molar-refractivity contribution in [2.24, 2.45) is 0 Å². The fourth-order valence-electron chi connectivity index (χ4n) is 1.50. The number of pyridine rings is 1. The van der Waals surface area contributed by atoms with E-state index in [1.165, 1.54) is 18.3 Å². The van der Waals surface area contributed by atoms with E-state index in [9.17, 15) is 18.0 Å². The SMILES string of the molecule is Nc1ccc(C(=O)c2ccc(C(F)(F)F)cc2)nc1. The molecule has 19 heavy (non-hydrogen) atoms. The Labute approximate surface area is 106 Å². The average molecular weight is 266 g/mol. The highest BCUT2D eigenvalue weighted by atomic mass is 19.4. The molecule has 1 aromatic heterocycles. The van der Waals surface area contributed by atoms with Crippen molar-refractivity contribution in [2.45, 2.75) is 6.18 Å². The number of anilines is 1. The molecule has 6 heteroatoms. The van der Waals surface area contributed by atoms with Gasteiger partial charge in [0, 0.05) is 5.56 Å². The summed E-state index contributed by atoms with van der Waals surface area (Å²) in [5, 5.41) is 0. The fourth-order valence-corrected chi connectivity index (χ4v) is 1.50. The number of halogens is 3. The first kappa shape index (κ1) is 13.1. The van der Waals surface area contributed by atoms with Gasteiger partial charge >= 0.3 is 6.18 Å². The van der Waals surface area contributed by atoms with Crippen LogP contribution in [0.5, 0.6) is 0 Å². The zero-order chi connectivity index (χ0) is 14.0. The Morgan fingerprint density at radius 2 is 1.68 bits per heavy atom. The maximum Gasteiger partial charge on any atom is 0.416 e. The molecule has 1 heterocycles. The lowest BCUT2D eigenvalue weighted by atomic mass is 10.1. The van der Waals surface area contributed by atoms with E-state index in [0.29, 0.717) is 5.69 Å². The van der Waals surface area contributed by atoms with Crippen LogP contribution in [0.1, 0.15) is 21.6 Å². The number of nitrogens with two attached hydrogens (primary N) is 1. The molecule has 2 rings (SSSR count). The van der Waals surface area contributed by atoms with Gasteiger partial charge in [-0.3, -0.25) is 9.78 Å². The summed E-state index contributed by atoms with van der Waals surface area (Å²) in [5.41, 5.74) is 5.32. The van der Waals surface area contributed by atoms with E-state index in [1.807, 2.05) is 0 Å². The number of aromatic nitrogens is 1. The predicted octanol–water partition coefficient (Wildman–Crippen LogP) is 2.91. The van der Waals surface area contributed by atoms with E-state index < -0.39 is 17.5 Å². The smallest absolute Gasteiger partial charge is 0.397 e. The van der Waals surface area contributed by atoms with Gasteiger partial charge in [-0.15, -0.1) is 0 Å². The summed E-state index contributed by atoms with van der Waals surface area (Å²) in [6, 6.07) is 6.92. The highest BCUT2D eigenvalue weighted by Crippen LogP contribution is 2.29. The second kappa shape index (κ2) is 4.72. The van der Waals surface area contributed by atoms with Crippen LogP contribution in [0.25, 0.3) is 0 Å². The lowest BCUT2D eigenvalue weighted by molar-refractivity contribution is -0.137. The van der Waals surface area contributed by atoms with Crippen molar-refractivity contribution >= 4 is 11.5 Å². The number of nitrogens with zero attached hydrogens (tertiary/aromatic N) is 1. The zero-order valence-corrected chi connectivity index (χ0v) is 9.61. The molecule has 0 radical (unpaired) electrons. The molecule has 0 saturated carbocycles. The minimum absolute atomic E-state index is 0.133. The van der Waals surface area contributed by atoms with Gasteiger partial charge in [0.1, 0.15) is 5.69 Å². The molecule has 0 bridgehead atoms. The Morgan fingerprint density at radius 1 is 1.05 bits per heavy atom. The van der Waals surface area contributed by atoms with Gasteiger partial charge in [0.25, 0.3) is 0 Å². The third kappa shape index (κ3) is 2.90. The zero-order valence-electron chi connectivity index (χ0n) is 9.61. The van der Waals surface area contributed by atoms with E-state index in [-0.39, 0.29) is 11.3 Å². The third-order valence-electron chi connectivity index (χ3n) is 2.49. The van der Waals surface area contributed by atoms with Crippen molar-refractivity contribution in [3.8, 4) is 0 Å². The van der Waals surface area contributed by atoms with Crippen molar-refractivity contribution in [3.05, 3.63) is 59.4 Å². The van der Waals surface area contributed by atoms with Crippen LogP contribution in [0.3, 0.4) is 0 Å². The highest BCUT2D eigenvalue weighted by molar-refractivity contribution is 6.07. The van der Waals surface area contributed by atoms with Crippen LogP contribution in [0.4, 0.5) is 18.9 Å². The van der Waals surface area contributed by atoms with Gasteiger partial charge in [0.05, 0.1) is 17.4 Å².